The van der Waals surface area contributed by atoms with Gasteiger partial charge in [-0.2, -0.15) is 13.2 Å². The smallest absolute Gasteiger partial charge is 0.351 e. The van der Waals surface area contributed by atoms with Crippen molar-refractivity contribution in [3.63, 3.8) is 0 Å². The number of rotatable bonds is 13. The Balaban J connectivity index is 1.83. The molecule has 22 nitrogen and oxygen atoms in total. The summed E-state index contributed by atoms with van der Waals surface area (Å²) in [5.74, 6) is -9.63. The van der Waals surface area contributed by atoms with Crippen LogP contribution in [0.5, 0.6) is 0 Å². The SMILES string of the molecule is CC[C@H](C)[C@@H]1NC(=O)[C@H](CC(C)C)N(C)C(=O)C[C@@H](C)NC(=O)[C@H](CC(C)C)N(C)C(=O)C2(CCCC2)NC(=O)[C@H](CC(C)C)N(C)C(=O)[C@H](CCC2CCC(C(F)(F)F)C(Cl)C2)NC(=O)CN(C)C(=O)[C@H](CC2CCCCC2)N(C)C(=O)CN(C)C(=O)CN(C)C1=O. The van der Waals surface area contributed by atoms with Crippen molar-refractivity contribution in [1.82, 2.24) is 55.6 Å². The van der Waals surface area contributed by atoms with Crippen LogP contribution in [0.3, 0.4) is 0 Å². The highest BCUT2D eigenvalue weighted by atomic mass is 35.5. The fourth-order valence-electron chi connectivity index (χ4n) is 13.8. The van der Waals surface area contributed by atoms with Crippen LogP contribution in [0.4, 0.5) is 13.2 Å². The van der Waals surface area contributed by atoms with Crippen LogP contribution in [0.25, 0.3) is 0 Å². The van der Waals surface area contributed by atoms with Gasteiger partial charge in [0.1, 0.15) is 41.8 Å². The molecule has 0 radical (unpaired) electrons. The van der Waals surface area contributed by atoms with E-state index in [2.05, 4.69) is 21.3 Å². The predicted octanol–water partition coefficient (Wildman–Crippen LogP) is 6.50. The van der Waals surface area contributed by atoms with Crippen molar-refractivity contribution < 1.29 is 65.9 Å². The largest absolute Gasteiger partial charge is 0.393 e. The number of likely N-dealkylation sites (N-methyl/N-ethyl adjacent to an activating group) is 7. The Bertz CT molecular complexity index is 2580. The maximum atomic E-state index is 15.2. The van der Waals surface area contributed by atoms with E-state index in [4.69, 9.17) is 11.6 Å². The predicted molar refractivity (Wildman–Crippen MR) is 349 cm³/mol. The number of amides is 11. The minimum Gasteiger partial charge on any atom is -0.351 e. The van der Waals surface area contributed by atoms with Gasteiger partial charge in [-0.3, -0.25) is 52.7 Å². The van der Waals surface area contributed by atoms with Crippen LogP contribution in [0.1, 0.15) is 191 Å². The number of alkyl halides is 4. The van der Waals surface area contributed by atoms with Gasteiger partial charge in [-0.1, -0.05) is 107 Å². The molecule has 0 aromatic carbocycles. The molecular weight excluding hydrogens is 1230 g/mol. The topological polar surface area (TPSA) is 259 Å². The van der Waals surface area contributed by atoms with Gasteiger partial charge in [0.15, 0.2) is 0 Å². The first kappa shape index (κ1) is 79.7. The standard InChI is InChI=1S/C67H113ClF3N11O11/c1-17-43(8)58-64(92)78(12)38-56(85)76(10)39-57(86)80(14)53(36-45-23-19-18-20-24-45)63(91)77(11)37-54(83)73-49(28-26-46-25-27-47(48(68)35-46)67(69,70)71)62(90)81(15)52(33-42(6)7)61(89)75-66(29-21-22-30-66)65(93)82(16)51(32-41(4)5)59(87)72-44(9)34-55(84)79(13)50(31-40(2)3)60(88)74-58/h40-53,58H,17-39H2,1-16H3,(H,72,87)(H,73,83)(H,74,88)(H,75,89)/t43-,44+,46?,47?,48?,49-,50-,51-,52-,53-,58-/m0/s1. The van der Waals surface area contributed by atoms with Gasteiger partial charge in [-0.15, -0.1) is 11.6 Å². The highest BCUT2D eigenvalue weighted by molar-refractivity contribution is 6.20. The summed E-state index contributed by atoms with van der Waals surface area (Å²) < 4.78 is 41.9. The molecule has 0 bridgehead atoms. The molecule has 3 aliphatic carbocycles. The summed E-state index contributed by atoms with van der Waals surface area (Å²) >= 11 is 6.38. The zero-order chi connectivity index (χ0) is 70.1. The average Bonchev–Trinajstić information content (AvgIpc) is 1.77. The number of hydrogen-bond donors (Lipinski definition) is 4. The van der Waals surface area contributed by atoms with E-state index in [1.807, 2.05) is 48.5 Å². The van der Waals surface area contributed by atoms with Crippen LogP contribution >= 0.6 is 11.6 Å². The van der Waals surface area contributed by atoms with Gasteiger partial charge in [0.25, 0.3) is 0 Å². The van der Waals surface area contributed by atoms with Gasteiger partial charge in [0.05, 0.1) is 25.6 Å². The number of nitrogens with zero attached hydrogens (tertiary/aromatic N) is 7. The van der Waals surface area contributed by atoms with Crippen molar-refractivity contribution in [2.45, 2.75) is 250 Å². The normalized spacial score (nSPS) is 28.8. The van der Waals surface area contributed by atoms with E-state index in [0.29, 0.717) is 19.3 Å². The molecule has 11 atom stereocenters. The van der Waals surface area contributed by atoms with Crippen molar-refractivity contribution in [3.8, 4) is 0 Å². The molecule has 530 valence electrons. The van der Waals surface area contributed by atoms with Crippen LogP contribution in [0, 0.1) is 41.4 Å². The third-order valence-electron chi connectivity index (χ3n) is 19.9. The number of nitrogens with one attached hydrogen (secondary N) is 4. The second kappa shape index (κ2) is 35.8. The first-order chi connectivity index (χ1) is 43.3. The number of hydrogen-bond acceptors (Lipinski definition) is 11. The first-order valence-corrected chi connectivity index (χ1v) is 34.5. The Kier molecular flexibility index (Phi) is 30.7. The molecule has 1 heterocycles. The number of carbonyl (C=O) groups is 11. The second-order valence-electron chi connectivity index (χ2n) is 29.0. The van der Waals surface area contributed by atoms with E-state index in [1.165, 1.54) is 73.8 Å². The summed E-state index contributed by atoms with van der Waals surface area (Å²) in [5.41, 5.74) is -1.51. The van der Waals surface area contributed by atoms with E-state index >= 15 is 14.4 Å². The van der Waals surface area contributed by atoms with Crippen LogP contribution in [0.2, 0.25) is 0 Å². The highest BCUT2D eigenvalue weighted by Gasteiger charge is 2.50. The Labute approximate surface area is 556 Å². The quantitative estimate of drug-likeness (QED) is 0.145. The Hall–Kier alpha value is -5.75. The molecule has 26 heteroatoms. The molecular formula is C67H113ClF3N11O11. The fraction of sp³-hybridized carbons (Fsp3) is 0.836. The maximum absolute atomic E-state index is 15.2. The van der Waals surface area contributed by atoms with Crippen molar-refractivity contribution in [3.05, 3.63) is 0 Å². The van der Waals surface area contributed by atoms with Crippen molar-refractivity contribution in [2.24, 2.45) is 41.4 Å². The lowest BCUT2D eigenvalue weighted by Gasteiger charge is -2.39. The lowest BCUT2D eigenvalue weighted by Crippen LogP contribution is -2.64. The lowest BCUT2D eigenvalue weighted by atomic mass is 9.78. The molecule has 4 rings (SSSR count). The van der Waals surface area contributed by atoms with Crippen LogP contribution in [0.15, 0.2) is 0 Å². The summed E-state index contributed by atoms with van der Waals surface area (Å²) in [6.07, 6.45) is 2.39. The average molecular weight is 1340 g/mol. The van der Waals surface area contributed by atoms with Gasteiger partial charge in [-0.05, 0) is 113 Å². The van der Waals surface area contributed by atoms with Crippen molar-refractivity contribution in [1.29, 1.82) is 0 Å². The van der Waals surface area contributed by atoms with Crippen LogP contribution in [-0.2, 0) is 52.7 Å². The Morgan fingerprint density at radius 3 is 1.59 bits per heavy atom. The highest BCUT2D eigenvalue weighted by Crippen LogP contribution is 2.44. The van der Waals surface area contributed by atoms with Gasteiger partial charge in [0, 0.05) is 67.2 Å². The minimum atomic E-state index is -4.50. The van der Waals surface area contributed by atoms with Crippen molar-refractivity contribution in [2.75, 3.05) is 69.0 Å². The van der Waals surface area contributed by atoms with E-state index < -0.39 is 156 Å². The molecule has 3 saturated carbocycles. The Morgan fingerprint density at radius 2 is 1.05 bits per heavy atom. The van der Waals surface area contributed by atoms with Gasteiger partial charge >= 0.3 is 6.18 Å². The van der Waals surface area contributed by atoms with Gasteiger partial charge in [-0.25, -0.2) is 0 Å². The molecule has 1 aliphatic heterocycles. The molecule has 93 heavy (non-hydrogen) atoms. The van der Waals surface area contributed by atoms with Crippen LogP contribution in [-0.4, -0.2) is 228 Å². The molecule has 1 spiro atoms. The molecule has 1 saturated heterocycles. The van der Waals surface area contributed by atoms with Crippen molar-refractivity contribution >= 4 is 76.6 Å². The Morgan fingerprint density at radius 1 is 0.538 bits per heavy atom. The molecule has 4 aliphatic rings. The molecule has 0 aromatic heterocycles. The minimum absolute atomic E-state index is 0.000522. The summed E-state index contributed by atoms with van der Waals surface area (Å²) in [4.78, 5) is 169. The summed E-state index contributed by atoms with van der Waals surface area (Å²) in [7, 11) is 10.0. The third-order valence-corrected chi connectivity index (χ3v) is 20.3. The third kappa shape index (κ3) is 22.7. The van der Waals surface area contributed by atoms with Gasteiger partial charge < -0.3 is 55.6 Å². The summed E-state index contributed by atoms with van der Waals surface area (Å²) in [6.45, 7) is 14.9. The summed E-state index contributed by atoms with van der Waals surface area (Å²) in [6, 6.07) is -7.77. The van der Waals surface area contributed by atoms with Crippen LogP contribution < -0.4 is 21.3 Å². The second-order valence-corrected chi connectivity index (χ2v) is 29.6. The maximum Gasteiger partial charge on any atom is 0.393 e. The number of halogens is 4. The molecule has 4 fully saturated rings. The molecule has 11 amide bonds. The molecule has 0 aromatic rings. The summed E-state index contributed by atoms with van der Waals surface area (Å²) in [5, 5.41) is 10.5. The van der Waals surface area contributed by atoms with E-state index in [1.54, 1.807) is 13.8 Å². The number of carbonyl (C=O) groups excluding carboxylic acids is 11. The zero-order valence-electron chi connectivity index (χ0n) is 58.6. The van der Waals surface area contributed by atoms with Gasteiger partial charge in [0.2, 0.25) is 65.0 Å². The molecule has 3 unspecified atom stereocenters. The lowest BCUT2D eigenvalue weighted by molar-refractivity contribution is -0.182. The zero-order valence-corrected chi connectivity index (χ0v) is 59.3. The first-order valence-electron chi connectivity index (χ1n) is 34.1. The molecule has 4 N–H and O–H groups in total. The monoisotopic (exact) mass is 1340 g/mol. The van der Waals surface area contributed by atoms with E-state index in [9.17, 15) is 51.5 Å². The van der Waals surface area contributed by atoms with E-state index in [-0.39, 0.29) is 107 Å². The fourth-order valence-corrected chi connectivity index (χ4v) is 14.3. The van der Waals surface area contributed by atoms with E-state index in [0.717, 1.165) is 41.9 Å².